The van der Waals surface area contributed by atoms with Gasteiger partial charge in [0.2, 0.25) is 0 Å². The molecule has 0 radical (unpaired) electrons. The number of fused-ring (bicyclic) bond motifs is 1. The highest BCUT2D eigenvalue weighted by Gasteiger charge is 2.13. The maximum absolute atomic E-state index is 11.3. The summed E-state index contributed by atoms with van der Waals surface area (Å²) in [7, 11) is 0. The fourth-order valence-electron chi connectivity index (χ4n) is 1.75. The number of benzene rings is 2. The summed E-state index contributed by atoms with van der Waals surface area (Å²) in [6.07, 6.45) is 0. The van der Waals surface area contributed by atoms with Crippen molar-refractivity contribution in [2.75, 3.05) is 0 Å². The second kappa shape index (κ2) is 4.14. The van der Waals surface area contributed by atoms with Crippen molar-refractivity contribution in [1.29, 1.82) is 0 Å². The molecule has 0 saturated carbocycles. The molecule has 6 heteroatoms. The van der Waals surface area contributed by atoms with E-state index in [1.807, 2.05) is 0 Å². The van der Waals surface area contributed by atoms with Gasteiger partial charge in [-0.2, -0.15) is 11.7 Å². The van der Waals surface area contributed by atoms with Gasteiger partial charge in [-0.1, -0.05) is 24.3 Å². The van der Waals surface area contributed by atoms with Crippen LogP contribution in [0.2, 0.25) is 0 Å². The van der Waals surface area contributed by atoms with Gasteiger partial charge in [0.25, 0.3) is 0 Å². The molecular formula is C10H12N4O2. The highest BCUT2D eigenvalue weighted by molar-refractivity contribution is 5.97. The number of nitrogen functional groups attached to an aromatic ring is 2. The Morgan fingerprint density at radius 3 is 1.62 bits per heavy atom. The number of nitrogens with one attached hydrogen (secondary N) is 2. The summed E-state index contributed by atoms with van der Waals surface area (Å²) in [4.78, 5) is 0. The summed E-state index contributed by atoms with van der Waals surface area (Å²) in [5.74, 6) is 10.5. The van der Waals surface area contributed by atoms with Crippen LogP contribution < -0.4 is 22.0 Å². The van der Waals surface area contributed by atoms with Gasteiger partial charge in [-0.3, -0.25) is 10.3 Å². The highest BCUT2D eigenvalue weighted by Crippen LogP contribution is 2.25. The molecule has 2 aromatic rings. The molecule has 16 heavy (non-hydrogen) atoms. The Balaban J connectivity index is 2.82. The average Bonchev–Trinajstić information content (AvgIpc) is 2.27. The lowest BCUT2D eigenvalue weighted by molar-refractivity contribution is -0.793. The van der Waals surface area contributed by atoms with E-state index in [-0.39, 0.29) is 0 Å². The van der Waals surface area contributed by atoms with Crippen LogP contribution in [0.15, 0.2) is 36.4 Å². The maximum atomic E-state index is 11.3. The van der Waals surface area contributed by atoms with Crippen LogP contribution >= 0.6 is 0 Å². The van der Waals surface area contributed by atoms with E-state index in [1.54, 1.807) is 36.4 Å². The first-order valence-corrected chi connectivity index (χ1v) is 4.72. The number of hydrogen-bond acceptors (Lipinski definition) is 4. The van der Waals surface area contributed by atoms with Crippen LogP contribution in [-0.2, 0) is 0 Å². The smallest absolute Gasteiger partial charge is 0.164 e. The van der Waals surface area contributed by atoms with Crippen LogP contribution in [0.4, 0.5) is 11.4 Å². The van der Waals surface area contributed by atoms with E-state index in [1.165, 1.54) is 0 Å². The van der Waals surface area contributed by atoms with Crippen LogP contribution in [0.25, 0.3) is 10.8 Å². The first-order valence-electron chi connectivity index (χ1n) is 4.72. The molecular weight excluding hydrogens is 208 g/mol. The molecule has 0 aromatic heterocycles. The highest BCUT2D eigenvalue weighted by atomic mass is 16.5. The number of rotatable bonds is 2. The number of quaternary nitrogens is 2. The summed E-state index contributed by atoms with van der Waals surface area (Å²) in [5, 5.41) is 22.7. The van der Waals surface area contributed by atoms with Crippen LogP contribution in [0.3, 0.4) is 0 Å². The standard InChI is InChI=1S/C10H12N4O2/c11-13(15)8-5-1-3-7-4-2-6-9(10(7)8)14(12)16/h1-6,13-14H,11-12H2. The van der Waals surface area contributed by atoms with E-state index >= 15 is 0 Å². The summed E-state index contributed by atoms with van der Waals surface area (Å²) in [6.45, 7) is 0. The third-order valence-corrected chi connectivity index (χ3v) is 2.44. The van der Waals surface area contributed by atoms with Gasteiger partial charge in [-0.15, -0.1) is 0 Å². The Hall–Kier alpha value is -1.54. The second-order valence-corrected chi connectivity index (χ2v) is 3.44. The van der Waals surface area contributed by atoms with E-state index in [4.69, 9.17) is 11.7 Å². The van der Waals surface area contributed by atoms with Gasteiger partial charge in [0, 0.05) is 12.1 Å². The van der Waals surface area contributed by atoms with Crippen molar-refractivity contribution in [3.63, 3.8) is 0 Å². The molecule has 0 aliphatic carbocycles. The van der Waals surface area contributed by atoms with Gasteiger partial charge >= 0.3 is 0 Å². The number of nitrogens with two attached hydrogens (primary N) is 2. The SMILES string of the molecule is N[NH+]([O-])c1cccc2cccc([NH+](N)[O-])c12. The molecule has 0 fully saturated rings. The third kappa shape index (κ3) is 1.76. The Labute approximate surface area is 91.7 Å². The molecule has 6 nitrogen and oxygen atoms in total. The lowest BCUT2D eigenvalue weighted by atomic mass is 10.1. The first kappa shape index (κ1) is 11.0. The van der Waals surface area contributed by atoms with E-state index in [0.29, 0.717) is 16.8 Å². The molecule has 0 heterocycles. The maximum Gasteiger partial charge on any atom is 0.164 e. The van der Waals surface area contributed by atoms with Gasteiger partial charge < -0.3 is 10.4 Å². The molecule has 6 N–H and O–H groups in total. The minimum atomic E-state index is -0.570. The van der Waals surface area contributed by atoms with Gasteiger partial charge in [-0.05, 0) is 5.39 Å². The third-order valence-electron chi connectivity index (χ3n) is 2.44. The van der Waals surface area contributed by atoms with Crippen LogP contribution in [0.5, 0.6) is 0 Å². The summed E-state index contributed by atoms with van der Waals surface area (Å²) < 4.78 is 0. The zero-order valence-electron chi connectivity index (χ0n) is 8.44. The fourth-order valence-corrected chi connectivity index (χ4v) is 1.75. The zero-order valence-corrected chi connectivity index (χ0v) is 8.44. The summed E-state index contributed by atoms with van der Waals surface area (Å²) in [5.41, 5.74) is 0.624. The Bertz CT molecular complexity index is 470. The minimum Gasteiger partial charge on any atom is -0.608 e. The first-order chi connectivity index (χ1) is 7.61. The molecule has 2 atom stereocenters. The predicted octanol–water partition coefficient (Wildman–Crippen LogP) is -1.38. The van der Waals surface area contributed by atoms with Crippen molar-refractivity contribution in [1.82, 2.24) is 0 Å². The largest absolute Gasteiger partial charge is 0.608 e. The molecule has 0 aliphatic heterocycles. The number of hydrogen-bond donors (Lipinski definition) is 4. The van der Waals surface area contributed by atoms with Crippen LogP contribution in [-0.4, -0.2) is 0 Å². The Morgan fingerprint density at radius 2 is 1.25 bits per heavy atom. The van der Waals surface area contributed by atoms with Gasteiger partial charge in [0.1, 0.15) is 5.39 Å². The lowest BCUT2D eigenvalue weighted by Crippen LogP contribution is -3.09. The van der Waals surface area contributed by atoms with E-state index < -0.39 is 10.3 Å². The van der Waals surface area contributed by atoms with Crippen molar-refractivity contribution in [3.05, 3.63) is 46.8 Å². The molecule has 0 saturated heterocycles. The van der Waals surface area contributed by atoms with Crippen LogP contribution in [0, 0.1) is 10.4 Å². The minimum absolute atomic E-state index is 0.312. The van der Waals surface area contributed by atoms with Crippen molar-refractivity contribution < 1.29 is 10.3 Å². The molecule has 2 aromatic carbocycles. The van der Waals surface area contributed by atoms with Gasteiger partial charge in [0.15, 0.2) is 11.4 Å². The van der Waals surface area contributed by atoms with E-state index in [9.17, 15) is 10.4 Å². The molecule has 2 rings (SSSR count). The van der Waals surface area contributed by atoms with E-state index in [0.717, 1.165) is 5.39 Å². The van der Waals surface area contributed by atoms with Crippen molar-refractivity contribution >= 4 is 22.1 Å². The van der Waals surface area contributed by atoms with Crippen molar-refractivity contribution in [2.24, 2.45) is 11.7 Å². The summed E-state index contributed by atoms with van der Waals surface area (Å²) >= 11 is 0. The molecule has 0 amide bonds. The van der Waals surface area contributed by atoms with Crippen LogP contribution in [0.1, 0.15) is 0 Å². The lowest BCUT2D eigenvalue weighted by Gasteiger charge is -2.20. The molecule has 0 aliphatic rings. The topological polar surface area (TPSA) is 107 Å². The average molecular weight is 220 g/mol. The normalized spacial score (nSPS) is 15.0. The summed E-state index contributed by atoms with van der Waals surface area (Å²) in [6, 6.07) is 10.2. The Kier molecular flexibility index (Phi) is 2.84. The fraction of sp³-hybridized carbons (Fsp3) is 0. The molecule has 0 bridgehead atoms. The van der Waals surface area contributed by atoms with E-state index in [2.05, 4.69) is 0 Å². The quantitative estimate of drug-likeness (QED) is 0.369. The van der Waals surface area contributed by atoms with Gasteiger partial charge in [-0.25, -0.2) is 0 Å². The predicted molar refractivity (Wildman–Crippen MR) is 60.3 cm³/mol. The van der Waals surface area contributed by atoms with Gasteiger partial charge in [0.05, 0.1) is 0 Å². The molecule has 0 spiro atoms. The van der Waals surface area contributed by atoms with Crippen molar-refractivity contribution in [3.8, 4) is 0 Å². The zero-order chi connectivity index (χ0) is 11.7. The molecule has 2 unspecified atom stereocenters. The second-order valence-electron chi connectivity index (χ2n) is 3.44. The molecule has 84 valence electrons. The monoisotopic (exact) mass is 220 g/mol. The van der Waals surface area contributed by atoms with Crippen molar-refractivity contribution in [2.45, 2.75) is 0 Å². The Morgan fingerprint density at radius 1 is 0.812 bits per heavy atom.